The fourth-order valence-corrected chi connectivity index (χ4v) is 3.18. The number of hydrogen-bond donors (Lipinski definition) is 2. The monoisotopic (exact) mass is 386 g/mol. The third kappa shape index (κ3) is 5.48. The number of hydrogen-bond acceptors (Lipinski definition) is 6. The predicted molar refractivity (Wildman–Crippen MR) is 105 cm³/mol. The maximum atomic E-state index is 12.3. The molecule has 2 amide bonds. The second-order valence-electron chi connectivity index (χ2n) is 6.52. The highest BCUT2D eigenvalue weighted by Gasteiger charge is 2.24. The van der Waals surface area contributed by atoms with Crippen LogP contribution in [0.3, 0.4) is 0 Å². The molecule has 1 aliphatic rings. The van der Waals surface area contributed by atoms with Crippen molar-refractivity contribution >= 4 is 11.7 Å². The number of carbonyl (C=O) groups excluding carboxylic acids is 1. The number of nitrogens with one attached hydrogen (secondary N) is 2. The van der Waals surface area contributed by atoms with E-state index in [1.807, 2.05) is 31.2 Å². The molecule has 8 heteroatoms. The Hall–Kier alpha value is -3.03. The lowest BCUT2D eigenvalue weighted by Gasteiger charge is -2.29. The molecule has 2 aromatic rings. The Labute approximate surface area is 164 Å². The molecule has 28 heavy (non-hydrogen) atoms. The summed E-state index contributed by atoms with van der Waals surface area (Å²) in [4.78, 5) is 20.6. The van der Waals surface area contributed by atoms with Gasteiger partial charge in [-0.05, 0) is 44.7 Å². The second-order valence-corrected chi connectivity index (χ2v) is 6.52. The van der Waals surface area contributed by atoms with Crippen molar-refractivity contribution in [3.8, 4) is 17.5 Å². The normalized spacial score (nSPS) is 18.8. The highest BCUT2D eigenvalue weighted by Crippen LogP contribution is 2.25. The van der Waals surface area contributed by atoms with Crippen LogP contribution in [-0.4, -0.2) is 41.9 Å². The molecule has 1 fully saturated rings. The number of benzene rings is 1. The van der Waals surface area contributed by atoms with Gasteiger partial charge in [0, 0.05) is 6.04 Å². The number of ether oxygens (including phenoxy) is 3. The highest BCUT2D eigenvalue weighted by molar-refractivity contribution is 5.91. The number of rotatable bonds is 7. The van der Waals surface area contributed by atoms with Crippen molar-refractivity contribution in [3.05, 3.63) is 36.7 Å². The lowest BCUT2D eigenvalue weighted by molar-refractivity contribution is 0.134. The lowest BCUT2D eigenvalue weighted by Crippen LogP contribution is -2.41. The number of amides is 2. The van der Waals surface area contributed by atoms with Crippen LogP contribution in [0.2, 0.25) is 0 Å². The van der Waals surface area contributed by atoms with Crippen molar-refractivity contribution in [2.75, 3.05) is 19.0 Å². The number of aromatic nitrogens is 2. The number of urea groups is 1. The van der Waals surface area contributed by atoms with Gasteiger partial charge in [0.1, 0.15) is 11.9 Å². The molecular weight excluding hydrogens is 360 g/mol. The molecule has 2 N–H and O–H groups in total. The largest absolute Gasteiger partial charge is 0.492 e. The minimum atomic E-state index is -0.227. The Kier molecular flexibility index (Phi) is 6.89. The van der Waals surface area contributed by atoms with Crippen molar-refractivity contribution < 1.29 is 19.0 Å². The summed E-state index contributed by atoms with van der Waals surface area (Å²) in [6.45, 7) is 2.45. The minimum Gasteiger partial charge on any atom is -0.492 e. The Bertz CT molecular complexity index is 778. The van der Waals surface area contributed by atoms with E-state index < -0.39 is 0 Å². The summed E-state index contributed by atoms with van der Waals surface area (Å²) in [5.41, 5.74) is 0.662. The van der Waals surface area contributed by atoms with Crippen molar-refractivity contribution in [3.63, 3.8) is 0 Å². The van der Waals surface area contributed by atoms with Gasteiger partial charge >= 0.3 is 6.03 Å². The summed E-state index contributed by atoms with van der Waals surface area (Å²) in [5, 5.41) is 5.90. The molecule has 1 saturated carbocycles. The number of carbonyl (C=O) groups is 1. The molecule has 0 spiro atoms. The average Bonchev–Trinajstić information content (AvgIpc) is 2.71. The molecule has 0 atom stereocenters. The van der Waals surface area contributed by atoms with Gasteiger partial charge in [-0.2, -0.15) is 4.98 Å². The quantitative estimate of drug-likeness (QED) is 0.757. The Morgan fingerprint density at radius 3 is 2.64 bits per heavy atom. The maximum Gasteiger partial charge on any atom is 0.319 e. The number of anilines is 1. The number of para-hydroxylation sites is 2. The summed E-state index contributed by atoms with van der Waals surface area (Å²) < 4.78 is 16.5. The van der Waals surface area contributed by atoms with Crippen molar-refractivity contribution in [1.82, 2.24) is 15.3 Å². The molecule has 150 valence electrons. The molecule has 0 aliphatic heterocycles. The van der Waals surface area contributed by atoms with E-state index in [0.717, 1.165) is 25.7 Å². The standard InChI is InChI=1S/C20H26N4O4/c1-3-27-17-7-5-4-6-16(17)23-20(25)22-14-8-10-15(11-9-14)28-19-13-21-12-18(24-19)26-2/h4-7,12-15H,3,8-11H2,1-2H3,(H2,22,23,25). The van der Waals surface area contributed by atoms with E-state index in [9.17, 15) is 4.79 Å². The molecule has 0 saturated heterocycles. The van der Waals surface area contributed by atoms with Crippen LogP contribution in [-0.2, 0) is 0 Å². The van der Waals surface area contributed by atoms with E-state index in [1.165, 1.54) is 6.20 Å². The lowest BCUT2D eigenvalue weighted by atomic mass is 9.93. The zero-order valence-corrected chi connectivity index (χ0v) is 16.2. The second kappa shape index (κ2) is 9.77. The summed E-state index contributed by atoms with van der Waals surface area (Å²) in [6.07, 6.45) is 6.51. The van der Waals surface area contributed by atoms with Gasteiger partial charge in [-0.3, -0.25) is 4.98 Å². The average molecular weight is 386 g/mol. The zero-order chi connectivity index (χ0) is 19.8. The van der Waals surface area contributed by atoms with Gasteiger partial charge in [0.25, 0.3) is 0 Å². The molecule has 1 aromatic heterocycles. The van der Waals surface area contributed by atoms with Gasteiger partial charge in [0.15, 0.2) is 0 Å². The fraction of sp³-hybridized carbons (Fsp3) is 0.450. The van der Waals surface area contributed by atoms with E-state index in [0.29, 0.717) is 29.8 Å². The first-order valence-electron chi connectivity index (χ1n) is 9.50. The molecule has 0 radical (unpaired) electrons. The van der Waals surface area contributed by atoms with Crippen LogP contribution in [0.1, 0.15) is 32.6 Å². The Balaban J connectivity index is 1.45. The molecule has 1 heterocycles. The van der Waals surface area contributed by atoms with Crippen LogP contribution in [0, 0.1) is 0 Å². The molecule has 3 rings (SSSR count). The van der Waals surface area contributed by atoms with Crippen molar-refractivity contribution in [1.29, 1.82) is 0 Å². The van der Waals surface area contributed by atoms with Crippen LogP contribution >= 0.6 is 0 Å². The molecule has 1 aromatic carbocycles. The minimum absolute atomic E-state index is 0.0567. The van der Waals surface area contributed by atoms with Crippen LogP contribution in [0.4, 0.5) is 10.5 Å². The SMILES string of the molecule is CCOc1ccccc1NC(=O)NC1CCC(Oc2cncc(OC)n2)CC1. The van der Waals surface area contributed by atoms with Crippen LogP contribution in [0.5, 0.6) is 17.5 Å². The van der Waals surface area contributed by atoms with Gasteiger partial charge < -0.3 is 24.8 Å². The molecule has 8 nitrogen and oxygen atoms in total. The van der Waals surface area contributed by atoms with Crippen LogP contribution in [0.15, 0.2) is 36.7 Å². The zero-order valence-electron chi connectivity index (χ0n) is 16.2. The van der Waals surface area contributed by atoms with E-state index >= 15 is 0 Å². The van der Waals surface area contributed by atoms with Crippen LogP contribution in [0.25, 0.3) is 0 Å². The first kappa shape index (κ1) is 19.7. The number of nitrogens with zero attached hydrogens (tertiary/aromatic N) is 2. The summed E-state index contributed by atoms with van der Waals surface area (Å²) in [6, 6.07) is 7.28. The molecular formula is C20H26N4O4. The highest BCUT2D eigenvalue weighted by atomic mass is 16.5. The van der Waals surface area contributed by atoms with Gasteiger partial charge in [0.2, 0.25) is 11.8 Å². The third-order valence-corrected chi connectivity index (χ3v) is 4.53. The van der Waals surface area contributed by atoms with E-state index in [4.69, 9.17) is 14.2 Å². The Morgan fingerprint density at radius 2 is 1.89 bits per heavy atom. The van der Waals surface area contributed by atoms with E-state index in [1.54, 1.807) is 13.3 Å². The summed E-state index contributed by atoms with van der Waals surface area (Å²) >= 11 is 0. The van der Waals surface area contributed by atoms with Gasteiger partial charge in [-0.15, -0.1) is 0 Å². The predicted octanol–water partition coefficient (Wildman–Crippen LogP) is 3.40. The molecule has 0 unspecified atom stereocenters. The van der Waals surface area contributed by atoms with Gasteiger partial charge in [-0.25, -0.2) is 4.79 Å². The Morgan fingerprint density at radius 1 is 1.14 bits per heavy atom. The van der Waals surface area contributed by atoms with E-state index in [2.05, 4.69) is 20.6 Å². The van der Waals surface area contributed by atoms with Crippen LogP contribution < -0.4 is 24.8 Å². The first-order valence-corrected chi connectivity index (χ1v) is 9.50. The fourth-order valence-electron chi connectivity index (χ4n) is 3.18. The van der Waals surface area contributed by atoms with Crippen molar-refractivity contribution in [2.24, 2.45) is 0 Å². The number of methoxy groups -OCH3 is 1. The van der Waals surface area contributed by atoms with E-state index in [-0.39, 0.29) is 18.2 Å². The van der Waals surface area contributed by atoms with Crippen molar-refractivity contribution in [2.45, 2.75) is 44.8 Å². The smallest absolute Gasteiger partial charge is 0.319 e. The van der Waals surface area contributed by atoms with Gasteiger partial charge in [-0.1, -0.05) is 12.1 Å². The summed E-state index contributed by atoms with van der Waals surface area (Å²) in [7, 11) is 1.54. The molecule has 0 bridgehead atoms. The third-order valence-electron chi connectivity index (χ3n) is 4.53. The first-order chi connectivity index (χ1) is 13.7. The summed E-state index contributed by atoms with van der Waals surface area (Å²) in [5.74, 6) is 1.55. The maximum absolute atomic E-state index is 12.3. The topological polar surface area (TPSA) is 94.6 Å². The molecule has 1 aliphatic carbocycles. The van der Waals surface area contributed by atoms with Gasteiger partial charge in [0.05, 0.1) is 31.8 Å².